The molecule has 0 aromatic heterocycles. The van der Waals surface area contributed by atoms with Crippen LogP contribution in [0.25, 0.3) is 0 Å². The van der Waals surface area contributed by atoms with Gasteiger partial charge in [-0.25, -0.2) is 8.78 Å². The van der Waals surface area contributed by atoms with Crippen LogP contribution in [0.3, 0.4) is 0 Å². The van der Waals surface area contributed by atoms with Crippen LogP contribution in [0.1, 0.15) is 18.5 Å². The van der Waals surface area contributed by atoms with Crippen LogP contribution in [-0.4, -0.2) is 0 Å². The Morgan fingerprint density at radius 1 is 1.33 bits per heavy atom. The smallest absolute Gasteiger partial charge is 0.131 e. The van der Waals surface area contributed by atoms with Crippen molar-refractivity contribution in [1.29, 1.82) is 0 Å². The molecule has 1 nitrogen and oxygen atoms in total. The summed E-state index contributed by atoms with van der Waals surface area (Å²) >= 11 is 1.85. The molecule has 0 heterocycles. The summed E-state index contributed by atoms with van der Waals surface area (Å²) in [6, 6.07) is 1.92. The quantitative estimate of drug-likeness (QED) is 0.788. The molecule has 4 heteroatoms. The number of hydrogen-bond acceptors (Lipinski definition) is 1. The molecule has 0 amide bonds. The third-order valence-corrected chi connectivity index (χ3v) is 2.12. The van der Waals surface area contributed by atoms with Crippen LogP contribution in [0.2, 0.25) is 0 Å². The van der Waals surface area contributed by atoms with E-state index in [0.29, 0.717) is 3.57 Å². The zero-order chi connectivity index (χ0) is 9.30. The molecule has 1 unspecified atom stereocenters. The van der Waals surface area contributed by atoms with E-state index in [1.54, 1.807) is 6.92 Å². The SMILES string of the molecule is CC(N)c1c(F)cc(I)cc1F. The number of rotatable bonds is 1. The van der Waals surface area contributed by atoms with Gasteiger partial charge in [0.1, 0.15) is 11.6 Å². The summed E-state index contributed by atoms with van der Waals surface area (Å²) in [5.41, 5.74) is 5.34. The van der Waals surface area contributed by atoms with Gasteiger partial charge < -0.3 is 5.73 Å². The zero-order valence-electron chi connectivity index (χ0n) is 6.44. The normalized spacial score (nSPS) is 13.1. The Morgan fingerprint density at radius 3 is 2.08 bits per heavy atom. The standard InChI is InChI=1S/C8H8F2IN/c1-4(12)8-6(9)2-5(11)3-7(8)10/h2-4H,12H2,1H3. The van der Waals surface area contributed by atoms with Crippen LogP contribution >= 0.6 is 22.6 Å². The van der Waals surface area contributed by atoms with Gasteiger partial charge in [-0.2, -0.15) is 0 Å². The van der Waals surface area contributed by atoms with E-state index >= 15 is 0 Å². The fraction of sp³-hybridized carbons (Fsp3) is 0.250. The van der Waals surface area contributed by atoms with E-state index in [9.17, 15) is 8.78 Å². The first kappa shape index (κ1) is 9.85. The Labute approximate surface area is 83.1 Å². The Hall–Kier alpha value is -0.230. The van der Waals surface area contributed by atoms with Gasteiger partial charge in [0.05, 0.1) is 0 Å². The molecule has 12 heavy (non-hydrogen) atoms. The van der Waals surface area contributed by atoms with Crippen LogP contribution < -0.4 is 5.73 Å². The van der Waals surface area contributed by atoms with Gasteiger partial charge in [-0.1, -0.05) is 0 Å². The summed E-state index contributed by atoms with van der Waals surface area (Å²) in [6.07, 6.45) is 0. The third kappa shape index (κ3) is 1.92. The van der Waals surface area contributed by atoms with Crippen molar-refractivity contribution in [1.82, 2.24) is 0 Å². The van der Waals surface area contributed by atoms with E-state index in [2.05, 4.69) is 0 Å². The lowest BCUT2D eigenvalue weighted by Gasteiger charge is -2.08. The predicted octanol–water partition coefficient (Wildman–Crippen LogP) is 2.59. The maximum atomic E-state index is 13.0. The number of hydrogen-bond donors (Lipinski definition) is 1. The minimum absolute atomic E-state index is 0.0459. The molecular weight excluding hydrogens is 275 g/mol. The van der Waals surface area contributed by atoms with Crippen molar-refractivity contribution in [2.75, 3.05) is 0 Å². The van der Waals surface area contributed by atoms with Crippen LogP contribution in [0.4, 0.5) is 8.78 Å². The second-order valence-electron chi connectivity index (χ2n) is 2.57. The second kappa shape index (κ2) is 3.66. The molecule has 1 aromatic rings. The monoisotopic (exact) mass is 283 g/mol. The average molecular weight is 283 g/mol. The Morgan fingerprint density at radius 2 is 1.75 bits per heavy atom. The molecule has 0 saturated carbocycles. The van der Waals surface area contributed by atoms with E-state index in [-0.39, 0.29) is 5.56 Å². The number of halogens is 3. The minimum Gasteiger partial charge on any atom is -0.324 e. The maximum absolute atomic E-state index is 13.0. The average Bonchev–Trinajstić information content (AvgIpc) is 1.82. The van der Waals surface area contributed by atoms with Gasteiger partial charge in [0, 0.05) is 15.2 Å². The van der Waals surface area contributed by atoms with Crippen LogP contribution in [-0.2, 0) is 0 Å². The highest BCUT2D eigenvalue weighted by Gasteiger charge is 2.13. The lowest BCUT2D eigenvalue weighted by molar-refractivity contribution is 0.535. The van der Waals surface area contributed by atoms with Crippen molar-refractivity contribution in [2.24, 2.45) is 5.73 Å². The minimum atomic E-state index is -0.609. The maximum Gasteiger partial charge on any atom is 0.131 e. The number of benzene rings is 1. The van der Waals surface area contributed by atoms with E-state index < -0.39 is 17.7 Å². The zero-order valence-corrected chi connectivity index (χ0v) is 8.60. The second-order valence-corrected chi connectivity index (χ2v) is 3.82. The van der Waals surface area contributed by atoms with Crippen molar-refractivity contribution in [3.8, 4) is 0 Å². The summed E-state index contributed by atoms with van der Waals surface area (Å²) < 4.78 is 26.6. The molecule has 0 spiro atoms. The summed E-state index contributed by atoms with van der Waals surface area (Å²) in [4.78, 5) is 0. The van der Waals surface area contributed by atoms with Gasteiger partial charge in [0.15, 0.2) is 0 Å². The largest absolute Gasteiger partial charge is 0.324 e. The number of nitrogens with two attached hydrogens (primary N) is 1. The van der Waals surface area contributed by atoms with Crippen molar-refractivity contribution in [3.63, 3.8) is 0 Å². The molecule has 0 fully saturated rings. The molecular formula is C8H8F2IN. The third-order valence-electron chi connectivity index (χ3n) is 1.50. The topological polar surface area (TPSA) is 26.0 Å². The van der Waals surface area contributed by atoms with E-state index in [4.69, 9.17) is 5.73 Å². The fourth-order valence-corrected chi connectivity index (χ4v) is 1.54. The highest BCUT2D eigenvalue weighted by molar-refractivity contribution is 14.1. The molecule has 0 aliphatic carbocycles. The van der Waals surface area contributed by atoms with Crippen LogP contribution in [0, 0.1) is 15.2 Å². The molecule has 0 radical (unpaired) electrons. The summed E-state index contributed by atoms with van der Waals surface area (Å²) in [5, 5.41) is 0. The molecule has 1 atom stereocenters. The highest BCUT2D eigenvalue weighted by atomic mass is 127. The van der Waals surface area contributed by atoms with E-state index in [0.717, 1.165) is 0 Å². The summed E-state index contributed by atoms with van der Waals surface area (Å²) in [6.45, 7) is 1.55. The van der Waals surface area contributed by atoms with Gasteiger partial charge in [0.2, 0.25) is 0 Å². The van der Waals surface area contributed by atoms with Crippen molar-refractivity contribution < 1.29 is 8.78 Å². The summed E-state index contributed by atoms with van der Waals surface area (Å²) in [7, 11) is 0. The molecule has 0 aliphatic rings. The van der Waals surface area contributed by atoms with Crippen molar-refractivity contribution >= 4 is 22.6 Å². The molecule has 0 bridgehead atoms. The van der Waals surface area contributed by atoms with Crippen LogP contribution in [0.15, 0.2) is 12.1 Å². The van der Waals surface area contributed by atoms with Gasteiger partial charge >= 0.3 is 0 Å². The van der Waals surface area contributed by atoms with Gasteiger partial charge in [-0.3, -0.25) is 0 Å². The Bertz CT molecular complexity index is 276. The van der Waals surface area contributed by atoms with Crippen molar-refractivity contribution in [3.05, 3.63) is 32.9 Å². The highest BCUT2D eigenvalue weighted by Crippen LogP contribution is 2.21. The molecule has 66 valence electrons. The first-order valence-corrected chi connectivity index (χ1v) is 4.50. The molecule has 1 aromatic carbocycles. The first-order chi connectivity index (χ1) is 5.52. The molecule has 1 rings (SSSR count). The lowest BCUT2D eigenvalue weighted by atomic mass is 10.1. The lowest BCUT2D eigenvalue weighted by Crippen LogP contribution is -2.10. The Kier molecular flexibility index (Phi) is 3.00. The van der Waals surface area contributed by atoms with E-state index in [1.807, 2.05) is 22.6 Å². The first-order valence-electron chi connectivity index (χ1n) is 3.42. The van der Waals surface area contributed by atoms with Crippen LogP contribution in [0.5, 0.6) is 0 Å². The summed E-state index contributed by atoms with van der Waals surface area (Å²) in [5.74, 6) is -1.15. The van der Waals surface area contributed by atoms with Crippen molar-refractivity contribution in [2.45, 2.75) is 13.0 Å². The molecule has 2 N–H and O–H groups in total. The molecule has 0 saturated heterocycles. The predicted molar refractivity (Wildman–Crippen MR) is 51.7 cm³/mol. The fourth-order valence-electron chi connectivity index (χ4n) is 0.988. The van der Waals surface area contributed by atoms with E-state index in [1.165, 1.54) is 12.1 Å². The van der Waals surface area contributed by atoms with Gasteiger partial charge in [-0.05, 0) is 41.6 Å². The van der Waals surface area contributed by atoms with Gasteiger partial charge in [-0.15, -0.1) is 0 Å². The Balaban J connectivity index is 3.28. The molecule has 0 aliphatic heterocycles. The van der Waals surface area contributed by atoms with Gasteiger partial charge in [0.25, 0.3) is 0 Å².